The fourth-order valence-corrected chi connectivity index (χ4v) is 3.99. The van der Waals surface area contributed by atoms with Crippen LogP contribution in [-0.2, 0) is 4.79 Å². The van der Waals surface area contributed by atoms with Crippen molar-refractivity contribution in [2.24, 2.45) is 5.92 Å². The summed E-state index contributed by atoms with van der Waals surface area (Å²) in [7, 11) is 0. The summed E-state index contributed by atoms with van der Waals surface area (Å²) >= 11 is 0. The second-order valence-electron chi connectivity index (χ2n) is 6.85. The van der Waals surface area contributed by atoms with Crippen LogP contribution >= 0.6 is 0 Å². The lowest BCUT2D eigenvalue weighted by Crippen LogP contribution is -2.50. The molecule has 4 heterocycles. The second kappa shape index (κ2) is 6.90. The monoisotopic (exact) mass is 279 g/mol. The van der Waals surface area contributed by atoms with Crippen molar-refractivity contribution in [3.63, 3.8) is 0 Å². The quantitative estimate of drug-likeness (QED) is 0.831. The molecule has 0 aromatic heterocycles. The number of carbonyl (C=O) groups is 1. The van der Waals surface area contributed by atoms with E-state index >= 15 is 0 Å². The molecule has 0 unspecified atom stereocenters. The highest BCUT2D eigenvalue weighted by atomic mass is 16.2. The Morgan fingerprint density at radius 1 is 1.00 bits per heavy atom. The molecule has 0 radical (unpaired) electrons. The molecule has 0 aromatic carbocycles. The van der Waals surface area contributed by atoms with Gasteiger partial charge in [0.2, 0.25) is 5.91 Å². The molecular weight excluding hydrogens is 250 g/mol. The van der Waals surface area contributed by atoms with Crippen LogP contribution in [0.25, 0.3) is 0 Å². The third-order valence-corrected chi connectivity index (χ3v) is 5.24. The number of nitrogens with one attached hydrogen (secondary N) is 1. The first kappa shape index (κ1) is 14.3. The van der Waals surface area contributed by atoms with Gasteiger partial charge in [-0.05, 0) is 51.2 Å². The number of fused-ring (bicyclic) bond motifs is 4. The molecule has 1 amide bonds. The zero-order valence-electron chi connectivity index (χ0n) is 12.6. The van der Waals surface area contributed by atoms with E-state index in [1.54, 1.807) is 0 Å². The van der Waals surface area contributed by atoms with E-state index in [1.807, 2.05) is 0 Å². The summed E-state index contributed by atoms with van der Waals surface area (Å²) in [4.78, 5) is 17.2. The van der Waals surface area contributed by atoms with E-state index in [-0.39, 0.29) is 0 Å². The summed E-state index contributed by atoms with van der Waals surface area (Å²) in [5, 5.41) is 3.51. The Morgan fingerprint density at radius 3 is 2.55 bits per heavy atom. The molecule has 0 aromatic rings. The first-order chi connectivity index (χ1) is 9.83. The summed E-state index contributed by atoms with van der Waals surface area (Å²) in [6.45, 7) is 5.98. The highest BCUT2D eigenvalue weighted by molar-refractivity contribution is 5.78. The summed E-state index contributed by atoms with van der Waals surface area (Å²) < 4.78 is 0. The Labute approximate surface area is 122 Å². The highest BCUT2D eigenvalue weighted by Gasteiger charge is 2.34. The van der Waals surface area contributed by atoms with Gasteiger partial charge < -0.3 is 10.2 Å². The number of hydrogen-bond donors (Lipinski definition) is 1. The zero-order chi connectivity index (χ0) is 13.8. The number of carbonyl (C=O) groups excluding carboxylic acids is 1. The van der Waals surface area contributed by atoms with Crippen LogP contribution in [0.2, 0.25) is 0 Å². The average molecular weight is 279 g/mol. The molecule has 4 rings (SSSR count). The van der Waals surface area contributed by atoms with Gasteiger partial charge in [-0.2, -0.15) is 0 Å². The Bertz CT molecular complexity index is 322. The van der Waals surface area contributed by atoms with Crippen LogP contribution in [0.5, 0.6) is 0 Å². The van der Waals surface area contributed by atoms with Gasteiger partial charge in [-0.25, -0.2) is 0 Å². The van der Waals surface area contributed by atoms with E-state index in [2.05, 4.69) is 15.1 Å². The molecule has 4 fully saturated rings. The molecular formula is C16H29N3O. The van der Waals surface area contributed by atoms with Gasteiger partial charge >= 0.3 is 0 Å². The van der Waals surface area contributed by atoms with Crippen molar-refractivity contribution < 1.29 is 4.79 Å². The molecule has 0 spiro atoms. The van der Waals surface area contributed by atoms with Crippen LogP contribution in [0.3, 0.4) is 0 Å². The predicted molar refractivity (Wildman–Crippen MR) is 80.6 cm³/mol. The van der Waals surface area contributed by atoms with E-state index in [1.165, 1.54) is 44.9 Å². The van der Waals surface area contributed by atoms with Crippen LogP contribution < -0.4 is 5.32 Å². The lowest BCUT2D eigenvalue weighted by atomic mass is 9.95. The van der Waals surface area contributed by atoms with Crippen LogP contribution in [0.1, 0.15) is 44.9 Å². The molecule has 0 saturated carbocycles. The van der Waals surface area contributed by atoms with Gasteiger partial charge in [0, 0.05) is 19.1 Å². The van der Waals surface area contributed by atoms with Crippen molar-refractivity contribution in [3.8, 4) is 0 Å². The maximum atomic E-state index is 12.7. The van der Waals surface area contributed by atoms with Gasteiger partial charge in [-0.1, -0.05) is 19.3 Å². The molecule has 4 aliphatic rings. The normalized spacial score (nSPS) is 32.5. The largest absolute Gasteiger partial charge is 0.337 e. The van der Waals surface area contributed by atoms with Crippen molar-refractivity contribution >= 4 is 5.91 Å². The van der Waals surface area contributed by atoms with Gasteiger partial charge in [0.05, 0.1) is 6.54 Å². The van der Waals surface area contributed by atoms with Crippen molar-refractivity contribution in [3.05, 3.63) is 0 Å². The molecule has 4 aliphatic heterocycles. The molecule has 4 saturated heterocycles. The van der Waals surface area contributed by atoms with Crippen LogP contribution in [0.15, 0.2) is 0 Å². The summed E-state index contributed by atoms with van der Waals surface area (Å²) in [5.74, 6) is 1.06. The first-order valence-corrected chi connectivity index (χ1v) is 8.55. The van der Waals surface area contributed by atoms with Gasteiger partial charge in [0.15, 0.2) is 0 Å². The number of nitrogens with zero attached hydrogens (tertiary/aromatic N) is 2. The maximum absolute atomic E-state index is 12.7. The van der Waals surface area contributed by atoms with Crippen LogP contribution in [-0.4, -0.2) is 61.0 Å². The lowest BCUT2D eigenvalue weighted by Gasteiger charge is -2.37. The summed E-state index contributed by atoms with van der Waals surface area (Å²) in [5.41, 5.74) is 0. The molecule has 2 bridgehead atoms. The second-order valence-corrected chi connectivity index (χ2v) is 6.85. The Morgan fingerprint density at radius 2 is 1.75 bits per heavy atom. The molecule has 20 heavy (non-hydrogen) atoms. The smallest absolute Gasteiger partial charge is 0.237 e. The fourth-order valence-electron chi connectivity index (χ4n) is 3.99. The summed E-state index contributed by atoms with van der Waals surface area (Å²) in [6.07, 6.45) is 9.08. The van der Waals surface area contributed by atoms with Crippen molar-refractivity contribution in [1.82, 2.24) is 15.1 Å². The van der Waals surface area contributed by atoms with E-state index < -0.39 is 0 Å². The molecule has 1 N–H and O–H groups in total. The van der Waals surface area contributed by atoms with Gasteiger partial charge in [0.25, 0.3) is 0 Å². The fraction of sp³-hybridized carbons (Fsp3) is 0.938. The van der Waals surface area contributed by atoms with E-state index in [0.29, 0.717) is 24.4 Å². The number of rotatable bonds is 2. The molecule has 4 heteroatoms. The Hall–Kier alpha value is -0.610. The van der Waals surface area contributed by atoms with Crippen LogP contribution in [0.4, 0.5) is 0 Å². The SMILES string of the molecule is O=C(CN1CCCCCCC1)N1C[C@@H]2CC[C@H]1CNC2. The topological polar surface area (TPSA) is 35.6 Å². The van der Waals surface area contributed by atoms with E-state index in [9.17, 15) is 4.79 Å². The van der Waals surface area contributed by atoms with Crippen molar-refractivity contribution in [2.75, 3.05) is 39.3 Å². The number of hydrogen-bond acceptors (Lipinski definition) is 3. The minimum absolute atomic E-state index is 0.379. The van der Waals surface area contributed by atoms with Gasteiger partial charge in [0.1, 0.15) is 0 Å². The van der Waals surface area contributed by atoms with E-state index in [0.717, 1.165) is 32.7 Å². The van der Waals surface area contributed by atoms with Gasteiger partial charge in [-0.15, -0.1) is 0 Å². The number of amides is 1. The predicted octanol–water partition coefficient (Wildman–Crippen LogP) is 1.46. The third kappa shape index (κ3) is 3.53. The number of piperidine rings is 1. The van der Waals surface area contributed by atoms with Gasteiger partial charge in [-0.3, -0.25) is 9.69 Å². The van der Waals surface area contributed by atoms with Crippen LogP contribution in [0, 0.1) is 5.92 Å². The highest BCUT2D eigenvalue weighted by Crippen LogP contribution is 2.24. The van der Waals surface area contributed by atoms with Crippen molar-refractivity contribution in [1.29, 1.82) is 0 Å². The molecule has 4 nitrogen and oxygen atoms in total. The standard InChI is InChI=1S/C16H29N3O/c20-16(13-18-8-4-2-1-3-5-9-18)19-12-14-6-7-15(19)11-17-10-14/h14-15,17H,1-13H2/t14-,15+/m1/s1. The lowest BCUT2D eigenvalue weighted by molar-refractivity contribution is -0.136. The molecule has 114 valence electrons. The number of likely N-dealkylation sites (tertiary alicyclic amines) is 1. The third-order valence-electron chi connectivity index (χ3n) is 5.24. The minimum Gasteiger partial charge on any atom is -0.337 e. The van der Waals surface area contributed by atoms with Crippen molar-refractivity contribution in [2.45, 2.75) is 51.0 Å². The maximum Gasteiger partial charge on any atom is 0.237 e. The van der Waals surface area contributed by atoms with E-state index in [4.69, 9.17) is 0 Å². The molecule has 0 aliphatic carbocycles. The minimum atomic E-state index is 0.379. The molecule has 2 atom stereocenters. The zero-order valence-corrected chi connectivity index (χ0v) is 12.6. The average Bonchev–Trinajstić information content (AvgIpc) is 2.76. The first-order valence-electron chi connectivity index (χ1n) is 8.55. The summed E-state index contributed by atoms with van der Waals surface area (Å²) in [6, 6.07) is 0.455. The Balaban J connectivity index is 1.55. The Kier molecular flexibility index (Phi) is 4.94.